The van der Waals surface area contributed by atoms with E-state index in [1.807, 2.05) is 44.2 Å². The molecule has 1 fully saturated rings. The number of rotatable bonds is 8. The van der Waals surface area contributed by atoms with E-state index in [-0.39, 0.29) is 29.5 Å². The number of aromatic nitrogens is 3. The minimum absolute atomic E-state index is 0.0201. The first-order valence-electron chi connectivity index (χ1n) is 14.6. The lowest BCUT2D eigenvalue weighted by Crippen LogP contribution is -2.36. The lowest BCUT2D eigenvalue weighted by molar-refractivity contribution is -0.274. The summed E-state index contributed by atoms with van der Waals surface area (Å²) < 4.78 is 42.8. The molecular weight excluding hydrogens is 634 g/mol. The fourth-order valence-electron chi connectivity index (χ4n) is 5.00. The van der Waals surface area contributed by atoms with Gasteiger partial charge < -0.3 is 10.1 Å². The van der Waals surface area contributed by atoms with Crippen LogP contribution in [0.25, 0.3) is 17.1 Å². The number of carbonyl (C=O) groups excluding carboxylic acids is 1. The number of halogens is 3. The number of nitrogens with one attached hydrogen (secondary N) is 1. The summed E-state index contributed by atoms with van der Waals surface area (Å²) in [5, 5.41) is 8.67. The van der Waals surface area contributed by atoms with Crippen LogP contribution in [0.4, 0.5) is 18.9 Å². The molecule has 0 saturated carbocycles. The molecule has 0 aliphatic carbocycles. The summed E-state index contributed by atoms with van der Waals surface area (Å²) in [6.07, 6.45) is -3.25. The molecule has 2 atom stereocenters. The SMILES string of the molecule is Cc1ccc(C(C)C)c(N2C(=O)CSC2=NC(=S)NC(C)C(C)c2ccc(-c3ncn(-c4ccc(OC(F)(F)F)cc4)n3)cc2)c1. The Bertz CT molecular complexity index is 1750. The van der Waals surface area contributed by atoms with Crippen molar-refractivity contribution in [3.05, 3.63) is 89.7 Å². The number of thioether (sulfide) groups is 1. The zero-order valence-corrected chi connectivity index (χ0v) is 27.5. The molecule has 1 saturated heterocycles. The van der Waals surface area contributed by atoms with Crippen LogP contribution in [0, 0.1) is 6.92 Å². The largest absolute Gasteiger partial charge is 0.573 e. The van der Waals surface area contributed by atoms with Gasteiger partial charge in [-0.2, -0.15) is 4.99 Å². The molecular formula is C33H33F3N6O2S2. The minimum Gasteiger partial charge on any atom is -0.406 e. The van der Waals surface area contributed by atoms with E-state index in [0.717, 1.165) is 27.9 Å². The Morgan fingerprint density at radius 3 is 2.39 bits per heavy atom. The first-order valence-corrected chi connectivity index (χ1v) is 16.0. The zero-order valence-electron chi connectivity index (χ0n) is 25.9. The maximum atomic E-state index is 12.9. The summed E-state index contributed by atoms with van der Waals surface area (Å²) in [6.45, 7) is 10.3. The summed E-state index contributed by atoms with van der Waals surface area (Å²) in [4.78, 5) is 23.6. The van der Waals surface area contributed by atoms with E-state index in [1.54, 1.807) is 4.90 Å². The number of aliphatic imine (C=N–C) groups is 1. The smallest absolute Gasteiger partial charge is 0.406 e. The van der Waals surface area contributed by atoms with Crippen LogP contribution in [0.2, 0.25) is 0 Å². The second kappa shape index (κ2) is 13.6. The number of anilines is 1. The fraction of sp³-hybridized carbons (Fsp3) is 0.303. The standard InChI is InChI=1S/C33H33F3N6O2S2/c1-19(2)27-15-6-20(3)16-28(27)42-29(43)17-46-32(42)39-31(45)38-22(5)21(4)23-7-9-24(10-8-23)30-37-18-41(40-30)25-11-13-26(14-12-25)44-33(34,35)36/h6-16,18-19,21-22H,17H2,1-5H3,(H,38,45). The Kier molecular flexibility index (Phi) is 9.82. The number of amidine groups is 1. The zero-order chi connectivity index (χ0) is 33.2. The van der Waals surface area contributed by atoms with Crippen molar-refractivity contribution in [2.45, 2.75) is 58.9 Å². The topological polar surface area (TPSA) is 84.6 Å². The van der Waals surface area contributed by atoms with Crippen molar-refractivity contribution < 1.29 is 22.7 Å². The van der Waals surface area contributed by atoms with Crippen molar-refractivity contribution >= 4 is 45.9 Å². The quantitative estimate of drug-likeness (QED) is 0.193. The number of ether oxygens (including phenoxy) is 1. The summed E-state index contributed by atoms with van der Waals surface area (Å²) in [5.41, 5.74) is 5.38. The van der Waals surface area contributed by atoms with E-state index < -0.39 is 6.36 Å². The summed E-state index contributed by atoms with van der Waals surface area (Å²) >= 11 is 7.00. The van der Waals surface area contributed by atoms with Crippen LogP contribution in [0.3, 0.4) is 0 Å². The molecule has 0 bridgehead atoms. The van der Waals surface area contributed by atoms with Crippen molar-refractivity contribution in [3.63, 3.8) is 0 Å². The van der Waals surface area contributed by atoms with Gasteiger partial charge in [0.05, 0.1) is 17.1 Å². The molecule has 8 nitrogen and oxygen atoms in total. The Balaban J connectivity index is 1.24. The monoisotopic (exact) mass is 666 g/mol. The number of hydrogen-bond acceptors (Lipinski definition) is 6. The molecule has 2 heterocycles. The highest BCUT2D eigenvalue weighted by Crippen LogP contribution is 2.34. The third kappa shape index (κ3) is 7.76. The Labute approximate surface area is 275 Å². The number of benzene rings is 3. The third-order valence-electron chi connectivity index (χ3n) is 7.63. The number of nitrogens with zero attached hydrogens (tertiary/aromatic N) is 5. The van der Waals surface area contributed by atoms with Crippen molar-refractivity contribution in [2.75, 3.05) is 10.7 Å². The van der Waals surface area contributed by atoms with Gasteiger partial charge >= 0.3 is 6.36 Å². The molecule has 4 aromatic rings. The van der Waals surface area contributed by atoms with Crippen molar-refractivity contribution in [3.8, 4) is 22.8 Å². The van der Waals surface area contributed by atoms with Crippen LogP contribution >= 0.6 is 24.0 Å². The molecule has 2 unspecified atom stereocenters. The van der Waals surface area contributed by atoms with Gasteiger partial charge in [-0.1, -0.05) is 68.9 Å². The second-order valence-electron chi connectivity index (χ2n) is 11.3. The predicted octanol–water partition coefficient (Wildman–Crippen LogP) is 7.77. The van der Waals surface area contributed by atoms with E-state index in [2.05, 4.69) is 58.0 Å². The summed E-state index contributed by atoms with van der Waals surface area (Å²) in [5.74, 6) is 0.751. The Morgan fingerprint density at radius 1 is 1.04 bits per heavy atom. The van der Waals surface area contributed by atoms with Gasteiger partial charge in [0.25, 0.3) is 0 Å². The van der Waals surface area contributed by atoms with Gasteiger partial charge in [0.15, 0.2) is 16.1 Å². The van der Waals surface area contributed by atoms with Crippen LogP contribution in [-0.2, 0) is 4.79 Å². The predicted molar refractivity (Wildman–Crippen MR) is 180 cm³/mol. The molecule has 46 heavy (non-hydrogen) atoms. The molecule has 1 aromatic heterocycles. The van der Waals surface area contributed by atoms with Gasteiger partial charge in [-0.25, -0.2) is 9.67 Å². The number of alkyl halides is 3. The van der Waals surface area contributed by atoms with Gasteiger partial charge in [0, 0.05) is 17.5 Å². The first-order chi connectivity index (χ1) is 21.8. The maximum Gasteiger partial charge on any atom is 0.573 e. The Hall–Kier alpha value is -4.23. The normalized spacial score (nSPS) is 15.8. The molecule has 5 rings (SSSR count). The van der Waals surface area contributed by atoms with Gasteiger partial charge in [-0.05, 0) is 79.0 Å². The number of carbonyl (C=O) groups is 1. The molecule has 0 radical (unpaired) electrons. The maximum absolute atomic E-state index is 12.9. The highest BCUT2D eigenvalue weighted by molar-refractivity contribution is 8.15. The molecule has 1 amide bonds. The van der Waals surface area contributed by atoms with E-state index in [9.17, 15) is 18.0 Å². The van der Waals surface area contributed by atoms with Crippen LogP contribution < -0.4 is 15.0 Å². The lowest BCUT2D eigenvalue weighted by atomic mass is 9.93. The number of aryl methyl sites for hydroxylation is 1. The van der Waals surface area contributed by atoms with E-state index in [1.165, 1.54) is 47.0 Å². The molecule has 1 aliphatic heterocycles. The van der Waals surface area contributed by atoms with Gasteiger partial charge in [-0.3, -0.25) is 9.69 Å². The van der Waals surface area contributed by atoms with Gasteiger partial charge in [0.1, 0.15) is 12.1 Å². The van der Waals surface area contributed by atoms with Crippen LogP contribution in [0.15, 0.2) is 78.0 Å². The first kappa shape index (κ1) is 33.1. The van der Waals surface area contributed by atoms with E-state index >= 15 is 0 Å². The van der Waals surface area contributed by atoms with Gasteiger partial charge in [-0.15, -0.1) is 18.3 Å². The average molecular weight is 667 g/mol. The number of hydrogen-bond donors (Lipinski definition) is 1. The fourth-order valence-corrected chi connectivity index (χ4v) is 6.20. The van der Waals surface area contributed by atoms with E-state index in [0.29, 0.717) is 27.5 Å². The second-order valence-corrected chi connectivity index (χ2v) is 12.7. The summed E-state index contributed by atoms with van der Waals surface area (Å²) in [7, 11) is 0. The van der Waals surface area contributed by atoms with Crippen LogP contribution in [-0.4, -0.2) is 49.1 Å². The number of amides is 1. The third-order valence-corrected chi connectivity index (χ3v) is 8.77. The van der Waals surface area contributed by atoms with E-state index in [4.69, 9.17) is 12.2 Å². The molecule has 240 valence electrons. The van der Waals surface area contributed by atoms with Crippen LogP contribution in [0.1, 0.15) is 56.2 Å². The van der Waals surface area contributed by atoms with Crippen LogP contribution in [0.5, 0.6) is 5.75 Å². The Morgan fingerprint density at radius 2 is 1.74 bits per heavy atom. The highest BCUT2D eigenvalue weighted by atomic mass is 32.2. The highest BCUT2D eigenvalue weighted by Gasteiger charge is 2.33. The average Bonchev–Trinajstić information content (AvgIpc) is 3.63. The molecule has 0 spiro atoms. The molecule has 13 heteroatoms. The lowest BCUT2D eigenvalue weighted by Gasteiger charge is -2.24. The molecule has 1 N–H and O–H groups in total. The number of thiocarbonyl (C=S) groups is 1. The molecule has 1 aliphatic rings. The van der Waals surface area contributed by atoms with Crippen molar-refractivity contribution in [1.29, 1.82) is 0 Å². The van der Waals surface area contributed by atoms with Gasteiger partial charge in [0.2, 0.25) is 5.91 Å². The van der Waals surface area contributed by atoms with Crippen molar-refractivity contribution in [1.82, 2.24) is 20.1 Å². The minimum atomic E-state index is -4.75. The molecule has 3 aromatic carbocycles. The van der Waals surface area contributed by atoms with Crippen molar-refractivity contribution in [2.24, 2.45) is 4.99 Å². The summed E-state index contributed by atoms with van der Waals surface area (Å²) in [6, 6.07) is 19.3.